The molecule has 0 fully saturated rings. The van der Waals surface area contributed by atoms with Gasteiger partial charge in [-0.2, -0.15) is 0 Å². The molecule has 1 atom stereocenters. The Morgan fingerprint density at radius 3 is 2.70 bits per heavy atom. The van der Waals surface area contributed by atoms with E-state index < -0.39 is 9.84 Å². The number of sulfone groups is 1. The second-order valence-electron chi connectivity index (χ2n) is 5.78. The van der Waals surface area contributed by atoms with Crippen LogP contribution < -0.4 is 0 Å². The standard InChI is InChI=1S/C17H20ClNO2S2/c1-2-16-15-8-11-22-17(15)7-9-19(16)10-12-23(20,21)14-5-3-13(18)4-6-14/h3-6,8,11,16H,2,7,9-10,12H2,1H3/t16-/m0/s1. The fraction of sp³-hybridized carbons (Fsp3) is 0.412. The third kappa shape index (κ3) is 3.63. The summed E-state index contributed by atoms with van der Waals surface area (Å²) < 4.78 is 25.0. The van der Waals surface area contributed by atoms with Gasteiger partial charge in [0.25, 0.3) is 0 Å². The van der Waals surface area contributed by atoms with Crippen molar-refractivity contribution in [2.24, 2.45) is 0 Å². The molecular formula is C17H20ClNO2S2. The summed E-state index contributed by atoms with van der Waals surface area (Å²) in [5.74, 6) is 0.143. The first-order chi connectivity index (χ1) is 11.0. The van der Waals surface area contributed by atoms with Gasteiger partial charge in [0.1, 0.15) is 0 Å². The zero-order chi connectivity index (χ0) is 16.4. The summed E-state index contributed by atoms with van der Waals surface area (Å²) in [6, 6.07) is 8.95. The van der Waals surface area contributed by atoms with Crippen LogP contribution in [0, 0.1) is 0 Å². The molecule has 0 N–H and O–H groups in total. The van der Waals surface area contributed by atoms with Gasteiger partial charge in [-0.1, -0.05) is 18.5 Å². The Morgan fingerprint density at radius 1 is 1.26 bits per heavy atom. The highest BCUT2D eigenvalue weighted by atomic mass is 35.5. The van der Waals surface area contributed by atoms with E-state index in [0.29, 0.717) is 22.5 Å². The topological polar surface area (TPSA) is 37.4 Å². The molecule has 1 aliphatic heterocycles. The molecule has 2 aromatic rings. The molecule has 0 unspecified atom stereocenters. The Kier molecular flexibility index (Phi) is 5.11. The molecule has 0 aliphatic carbocycles. The number of nitrogens with zero attached hydrogens (tertiary/aromatic N) is 1. The molecule has 2 heterocycles. The molecule has 0 bridgehead atoms. The third-order valence-electron chi connectivity index (χ3n) is 4.41. The van der Waals surface area contributed by atoms with Crippen LogP contribution in [0.4, 0.5) is 0 Å². The van der Waals surface area contributed by atoms with Gasteiger partial charge in [-0.3, -0.25) is 4.90 Å². The fourth-order valence-corrected chi connectivity index (χ4v) is 5.51. The predicted molar refractivity (Wildman–Crippen MR) is 96.1 cm³/mol. The summed E-state index contributed by atoms with van der Waals surface area (Å²) in [5.41, 5.74) is 1.38. The first-order valence-corrected chi connectivity index (χ1v) is 10.7. The van der Waals surface area contributed by atoms with Gasteiger partial charge in [-0.25, -0.2) is 8.42 Å². The summed E-state index contributed by atoms with van der Waals surface area (Å²) >= 11 is 7.64. The van der Waals surface area contributed by atoms with Gasteiger partial charge in [0.2, 0.25) is 0 Å². The highest BCUT2D eigenvalue weighted by Gasteiger charge is 2.28. The van der Waals surface area contributed by atoms with Gasteiger partial charge in [0, 0.05) is 29.0 Å². The van der Waals surface area contributed by atoms with E-state index in [1.54, 1.807) is 24.3 Å². The van der Waals surface area contributed by atoms with E-state index in [2.05, 4.69) is 23.3 Å². The molecule has 1 aromatic heterocycles. The van der Waals surface area contributed by atoms with E-state index in [9.17, 15) is 8.42 Å². The summed E-state index contributed by atoms with van der Waals surface area (Å²) in [5, 5.41) is 2.69. The number of thiophene rings is 1. The van der Waals surface area contributed by atoms with E-state index >= 15 is 0 Å². The quantitative estimate of drug-likeness (QED) is 0.793. The van der Waals surface area contributed by atoms with Crippen molar-refractivity contribution in [3.8, 4) is 0 Å². The maximum Gasteiger partial charge on any atom is 0.179 e. The van der Waals surface area contributed by atoms with Crippen LogP contribution in [0.3, 0.4) is 0 Å². The Bertz CT molecular complexity index is 768. The average Bonchev–Trinajstić information content (AvgIpc) is 3.01. The first kappa shape index (κ1) is 17.0. The maximum absolute atomic E-state index is 12.5. The molecule has 124 valence electrons. The normalized spacial score (nSPS) is 18.8. The monoisotopic (exact) mass is 369 g/mol. The van der Waals surface area contributed by atoms with Crippen molar-refractivity contribution in [3.63, 3.8) is 0 Å². The Hall–Kier alpha value is -0.880. The molecule has 6 heteroatoms. The van der Waals surface area contributed by atoms with Gasteiger partial charge in [-0.15, -0.1) is 11.3 Å². The van der Waals surface area contributed by atoms with Gasteiger partial charge < -0.3 is 0 Å². The van der Waals surface area contributed by atoms with Gasteiger partial charge in [0.05, 0.1) is 10.6 Å². The lowest BCUT2D eigenvalue weighted by molar-refractivity contribution is 0.193. The summed E-state index contributed by atoms with van der Waals surface area (Å²) in [6.07, 6.45) is 2.02. The SMILES string of the molecule is CC[C@H]1c2ccsc2CCN1CCS(=O)(=O)c1ccc(Cl)cc1. The van der Waals surface area contributed by atoms with Crippen molar-refractivity contribution in [1.82, 2.24) is 4.90 Å². The molecule has 0 saturated heterocycles. The van der Waals surface area contributed by atoms with Gasteiger partial charge >= 0.3 is 0 Å². The van der Waals surface area contributed by atoms with Crippen molar-refractivity contribution in [2.75, 3.05) is 18.8 Å². The van der Waals surface area contributed by atoms with Crippen LogP contribution in [0.15, 0.2) is 40.6 Å². The minimum Gasteiger partial charge on any atom is -0.295 e. The average molecular weight is 370 g/mol. The van der Waals surface area contributed by atoms with Crippen LogP contribution >= 0.6 is 22.9 Å². The summed E-state index contributed by atoms with van der Waals surface area (Å²) in [4.78, 5) is 4.11. The van der Waals surface area contributed by atoms with Crippen molar-refractivity contribution in [3.05, 3.63) is 51.2 Å². The molecule has 3 nitrogen and oxygen atoms in total. The zero-order valence-corrected chi connectivity index (χ0v) is 15.4. The molecule has 1 aromatic carbocycles. The van der Waals surface area contributed by atoms with E-state index in [1.807, 2.05) is 11.3 Å². The Balaban J connectivity index is 1.71. The highest BCUT2D eigenvalue weighted by Crippen LogP contribution is 2.35. The van der Waals surface area contributed by atoms with Crippen LogP contribution in [-0.2, 0) is 16.3 Å². The molecular weight excluding hydrogens is 350 g/mol. The van der Waals surface area contributed by atoms with Gasteiger partial charge in [0.15, 0.2) is 9.84 Å². The predicted octanol–water partition coefficient (Wildman–Crippen LogP) is 4.18. The largest absolute Gasteiger partial charge is 0.295 e. The minimum atomic E-state index is -3.27. The number of halogens is 1. The van der Waals surface area contributed by atoms with Crippen molar-refractivity contribution < 1.29 is 8.42 Å². The lowest BCUT2D eigenvalue weighted by Crippen LogP contribution is -2.37. The lowest BCUT2D eigenvalue weighted by Gasteiger charge is -2.35. The summed E-state index contributed by atoms with van der Waals surface area (Å²) in [6.45, 7) is 3.67. The molecule has 0 saturated carbocycles. The molecule has 0 spiro atoms. The molecule has 0 amide bonds. The summed E-state index contributed by atoms with van der Waals surface area (Å²) in [7, 11) is -3.27. The van der Waals surface area contributed by atoms with E-state index in [4.69, 9.17) is 11.6 Å². The number of fused-ring (bicyclic) bond motifs is 1. The number of rotatable bonds is 5. The van der Waals surface area contributed by atoms with Crippen LogP contribution in [-0.4, -0.2) is 32.2 Å². The smallest absolute Gasteiger partial charge is 0.179 e. The zero-order valence-electron chi connectivity index (χ0n) is 13.0. The second-order valence-corrected chi connectivity index (χ2v) is 9.33. The molecule has 3 rings (SSSR count). The van der Waals surface area contributed by atoms with Crippen molar-refractivity contribution >= 4 is 32.8 Å². The second kappa shape index (κ2) is 6.93. The van der Waals surface area contributed by atoms with E-state index in [0.717, 1.165) is 19.4 Å². The van der Waals surface area contributed by atoms with Crippen LogP contribution in [0.25, 0.3) is 0 Å². The van der Waals surface area contributed by atoms with Crippen molar-refractivity contribution in [1.29, 1.82) is 0 Å². The Labute approximate surface area is 146 Å². The van der Waals surface area contributed by atoms with E-state index in [1.165, 1.54) is 10.4 Å². The molecule has 0 radical (unpaired) electrons. The minimum absolute atomic E-state index is 0.143. The first-order valence-electron chi connectivity index (χ1n) is 7.80. The van der Waals surface area contributed by atoms with Crippen molar-refractivity contribution in [2.45, 2.75) is 30.7 Å². The van der Waals surface area contributed by atoms with E-state index in [-0.39, 0.29) is 5.75 Å². The fourth-order valence-electron chi connectivity index (χ4n) is 3.19. The molecule has 1 aliphatic rings. The maximum atomic E-state index is 12.5. The lowest BCUT2D eigenvalue weighted by atomic mass is 9.98. The highest BCUT2D eigenvalue weighted by molar-refractivity contribution is 7.91. The van der Waals surface area contributed by atoms with Crippen LogP contribution in [0.1, 0.15) is 29.8 Å². The Morgan fingerprint density at radius 2 is 2.00 bits per heavy atom. The van der Waals surface area contributed by atoms with Gasteiger partial charge in [-0.05, 0) is 54.1 Å². The third-order valence-corrected chi connectivity index (χ3v) is 7.37. The van der Waals surface area contributed by atoms with Crippen LogP contribution in [0.5, 0.6) is 0 Å². The number of benzene rings is 1. The number of hydrogen-bond acceptors (Lipinski definition) is 4. The van der Waals surface area contributed by atoms with Crippen LogP contribution in [0.2, 0.25) is 5.02 Å². The molecule has 23 heavy (non-hydrogen) atoms. The number of hydrogen-bond donors (Lipinski definition) is 0.